The van der Waals surface area contributed by atoms with E-state index in [1.54, 1.807) is 18.2 Å². The Bertz CT molecular complexity index is 1340. The quantitative estimate of drug-likeness (QED) is 0.241. The summed E-state index contributed by atoms with van der Waals surface area (Å²) in [5.74, 6) is 1.41. The topological polar surface area (TPSA) is 104 Å². The van der Waals surface area contributed by atoms with Crippen molar-refractivity contribution in [2.75, 3.05) is 5.32 Å². The van der Waals surface area contributed by atoms with Crippen LogP contribution in [0.1, 0.15) is 27.4 Å². The number of furan rings is 1. The number of hydrogen-bond acceptors (Lipinski definition) is 6. The summed E-state index contributed by atoms with van der Waals surface area (Å²) in [6.45, 7) is 4.03. The van der Waals surface area contributed by atoms with Crippen LogP contribution in [0.4, 0.5) is 11.4 Å². The lowest BCUT2D eigenvalue weighted by molar-refractivity contribution is -0.384. The number of nitro groups is 1. The maximum absolute atomic E-state index is 12.7. The number of carbonyl (C=O) groups is 1. The number of nitrogens with one attached hydrogen (secondary N) is 1. The molecule has 0 aliphatic heterocycles. The zero-order chi connectivity index (χ0) is 24.1. The Morgan fingerprint density at radius 2 is 1.62 bits per heavy atom. The van der Waals surface area contributed by atoms with Gasteiger partial charge in [0.15, 0.2) is 5.76 Å². The number of non-ortho nitro benzene ring substituents is 1. The Hall–Kier alpha value is -4.59. The molecule has 0 saturated heterocycles. The van der Waals surface area contributed by atoms with Crippen LogP contribution >= 0.6 is 0 Å². The van der Waals surface area contributed by atoms with Crippen molar-refractivity contribution < 1.29 is 23.6 Å². The van der Waals surface area contributed by atoms with Gasteiger partial charge in [0.2, 0.25) is 0 Å². The third kappa shape index (κ3) is 5.80. The first kappa shape index (κ1) is 22.6. The van der Waals surface area contributed by atoms with Crippen molar-refractivity contribution in [3.63, 3.8) is 0 Å². The summed E-state index contributed by atoms with van der Waals surface area (Å²) in [5, 5.41) is 14.0. The van der Waals surface area contributed by atoms with Gasteiger partial charge in [-0.05, 0) is 61.4 Å². The molecule has 0 radical (unpaired) electrons. The number of rotatable bonds is 8. The van der Waals surface area contributed by atoms with Crippen LogP contribution in [0.15, 0.2) is 83.3 Å². The molecule has 0 bridgehead atoms. The van der Waals surface area contributed by atoms with Gasteiger partial charge in [-0.2, -0.15) is 0 Å². The van der Waals surface area contributed by atoms with E-state index >= 15 is 0 Å². The van der Waals surface area contributed by atoms with Crippen molar-refractivity contribution in [3.05, 3.63) is 112 Å². The van der Waals surface area contributed by atoms with Crippen molar-refractivity contribution in [2.45, 2.75) is 20.5 Å². The third-order valence-electron chi connectivity index (χ3n) is 4.84. The van der Waals surface area contributed by atoms with Crippen molar-refractivity contribution in [1.82, 2.24) is 0 Å². The van der Waals surface area contributed by atoms with Gasteiger partial charge in [0.05, 0.1) is 16.7 Å². The van der Waals surface area contributed by atoms with Gasteiger partial charge in [-0.15, -0.1) is 0 Å². The molecule has 1 aromatic heterocycles. The molecule has 1 heterocycles. The van der Waals surface area contributed by atoms with Gasteiger partial charge < -0.3 is 19.2 Å². The van der Waals surface area contributed by atoms with Gasteiger partial charge in [0, 0.05) is 12.1 Å². The van der Waals surface area contributed by atoms with E-state index in [0.29, 0.717) is 17.3 Å². The van der Waals surface area contributed by atoms with Crippen LogP contribution in [0.3, 0.4) is 0 Å². The molecule has 8 nitrogen and oxygen atoms in total. The lowest BCUT2D eigenvalue weighted by atomic mass is 10.2. The first-order chi connectivity index (χ1) is 16.4. The predicted octanol–water partition coefficient (Wildman–Crippen LogP) is 6.43. The number of carbonyl (C=O) groups excluding carboxylic acids is 1. The van der Waals surface area contributed by atoms with Gasteiger partial charge in [-0.3, -0.25) is 14.9 Å². The van der Waals surface area contributed by atoms with Gasteiger partial charge in [0.25, 0.3) is 11.6 Å². The van der Waals surface area contributed by atoms with E-state index in [4.69, 9.17) is 13.9 Å². The number of benzene rings is 3. The fourth-order valence-corrected chi connectivity index (χ4v) is 3.26. The van der Waals surface area contributed by atoms with Crippen LogP contribution in [-0.2, 0) is 6.61 Å². The highest BCUT2D eigenvalue weighted by molar-refractivity contribution is 6.02. The van der Waals surface area contributed by atoms with E-state index in [0.717, 1.165) is 11.1 Å². The number of nitro benzene ring substituents is 1. The van der Waals surface area contributed by atoms with Gasteiger partial charge in [-0.25, -0.2) is 0 Å². The minimum absolute atomic E-state index is 0.0514. The molecule has 172 valence electrons. The molecule has 1 N–H and O–H groups in total. The summed E-state index contributed by atoms with van der Waals surface area (Å²) in [4.78, 5) is 23.5. The Labute approximate surface area is 195 Å². The maximum atomic E-state index is 12.7. The summed E-state index contributed by atoms with van der Waals surface area (Å²) >= 11 is 0. The number of anilines is 1. The molecule has 0 atom stereocenters. The molecule has 0 aliphatic carbocycles. The molecule has 0 saturated carbocycles. The summed E-state index contributed by atoms with van der Waals surface area (Å²) in [5.41, 5.74) is 2.04. The largest absolute Gasteiger partial charge is 0.486 e. The second-order valence-electron chi connectivity index (χ2n) is 7.72. The molecular weight excluding hydrogens is 436 g/mol. The number of ether oxygens (including phenoxy) is 2. The molecular formula is C26H22N2O6. The Kier molecular flexibility index (Phi) is 6.59. The highest BCUT2D eigenvalue weighted by atomic mass is 16.6. The summed E-state index contributed by atoms with van der Waals surface area (Å²) in [6.07, 6.45) is 0. The van der Waals surface area contributed by atoms with Crippen LogP contribution in [0.5, 0.6) is 17.2 Å². The van der Waals surface area contributed by atoms with Crippen molar-refractivity contribution in [2.24, 2.45) is 0 Å². The minimum Gasteiger partial charge on any atom is -0.486 e. The molecule has 34 heavy (non-hydrogen) atoms. The van der Waals surface area contributed by atoms with Crippen LogP contribution < -0.4 is 14.8 Å². The highest BCUT2D eigenvalue weighted by Crippen LogP contribution is 2.30. The lowest BCUT2D eigenvalue weighted by Gasteiger charge is -2.09. The lowest BCUT2D eigenvalue weighted by Crippen LogP contribution is -2.11. The molecule has 3 aromatic carbocycles. The first-order valence-corrected chi connectivity index (χ1v) is 10.5. The molecule has 0 aliphatic rings. The van der Waals surface area contributed by atoms with E-state index in [9.17, 15) is 14.9 Å². The number of amides is 1. The fraction of sp³-hybridized carbons (Fsp3) is 0.115. The van der Waals surface area contributed by atoms with Crippen LogP contribution in [-0.4, -0.2) is 10.8 Å². The molecule has 4 rings (SSSR count). The monoisotopic (exact) mass is 458 g/mol. The Morgan fingerprint density at radius 1 is 0.912 bits per heavy atom. The van der Waals surface area contributed by atoms with E-state index in [-0.39, 0.29) is 29.5 Å². The van der Waals surface area contributed by atoms with Crippen LogP contribution in [0, 0.1) is 24.0 Å². The number of nitrogens with zero attached hydrogens (tertiary/aromatic N) is 1. The number of hydrogen-bond donors (Lipinski definition) is 1. The summed E-state index contributed by atoms with van der Waals surface area (Å²) in [7, 11) is 0. The molecule has 0 fully saturated rings. The second kappa shape index (κ2) is 9.91. The molecule has 4 aromatic rings. The average Bonchev–Trinajstić information content (AvgIpc) is 3.27. The molecule has 0 spiro atoms. The van der Waals surface area contributed by atoms with Gasteiger partial charge in [0.1, 0.15) is 29.6 Å². The Balaban J connectivity index is 1.46. The Morgan fingerprint density at radius 3 is 2.32 bits per heavy atom. The summed E-state index contributed by atoms with van der Waals surface area (Å²) < 4.78 is 17.0. The highest BCUT2D eigenvalue weighted by Gasteiger charge is 2.16. The number of aryl methyl sites for hydroxylation is 2. The average molecular weight is 458 g/mol. The van der Waals surface area contributed by atoms with Crippen LogP contribution in [0.2, 0.25) is 0 Å². The minimum atomic E-state index is -0.552. The molecule has 8 heteroatoms. The summed E-state index contributed by atoms with van der Waals surface area (Å²) in [6, 6.07) is 22.1. The molecule has 0 unspecified atom stereocenters. The SMILES string of the molecule is Cc1cccc(OCc2ccc(C(=O)Nc3cc(Oc4cccc(C)c4)cc([N+](=O)[O-])c3)o2)c1. The van der Waals surface area contributed by atoms with Gasteiger partial charge in [-0.1, -0.05) is 24.3 Å². The smallest absolute Gasteiger partial charge is 0.291 e. The predicted molar refractivity (Wildman–Crippen MR) is 127 cm³/mol. The van der Waals surface area contributed by atoms with E-state index in [2.05, 4.69) is 5.32 Å². The second-order valence-corrected chi connectivity index (χ2v) is 7.72. The zero-order valence-corrected chi connectivity index (χ0v) is 18.6. The fourth-order valence-electron chi connectivity index (χ4n) is 3.26. The third-order valence-corrected chi connectivity index (χ3v) is 4.84. The maximum Gasteiger partial charge on any atom is 0.291 e. The van der Waals surface area contributed by atoms with Gasteiger partial charge >= 0.3 is 0 Å². The normalized spacial score (nSPS) is 10.5. The van der Waals surface area contributed by atoms with Crippen LogP contribution in [0.25, 0.3) is 0 Å². The van der Waals surface area contributed by atoms with E-state index in [1.807, 2.05) is 50.2 Å². The van der Waals surface area contributed by atoms with Crippen molar-refractivity contribution in [3.8, 4) is 17.2 Å². The van der Waals surface area contributed by atoms with E-state index in [1.165, 1.54) is 24.3 Å². The van der Waals surface area contributed by atoms with Crippen molar-refractivity contribution >= 4 is 17.3 Å². The standard InChI is InChI=1S/C26H22N2O6/c1-17-5-3-7-21(11-17)32-16-23-9-10-25(34-23)26(29)27-19-13-20(28(30)31)15-24(14-19)33-22-8-4-6-18(2)12-22/h3-15H,16H2,1-2H3,(H,27,29). The van der Waals surface area contributed by atoms with E-state index < -0.39 is 10.8 Å². The first-order valence-electron chi connectivity index (χ1n) is 10.5. The van der Waals surface area contributed by atoms with Crippen molar-refractivity contribution in [1.29, 1.82) is 0 Å². The molecule has 1 amide bonds. The zero-order valence-electron chi connectivity index (χ0n) is 18.6.